The highest BCUT2D eigenvalue weighted by Crippen LogP contribution is 2.25. The van der Waals surface area contributed by atoms with Gasteiger partial charge in [-0.1, -0.05) is 26.2 Å². The van der Waals surface area contributed by atoms with Crippen LogP contribution in [-0.4, -0.2) is 37.1 Å². The molecule has 0 spiro atoms. The molecule has 0 aromatic rings. The van der Waals surface area contributed by atoms with Crippen molar-refractivity contribution in [2.75, 3.05) is 26.2 Å². The van der Waals surface area contributed by atoms with E-state index < -0.39 is 0 Å². The van der Waals surface area contributed by atoms with E-state index in [1.54, 1.807) is 0 Å². The average molecular weight is 224 g/mol. The van der Waals surface area contributed by atoms with E-state index in [-0.39, 0.29) is 0 Å². The molecule has 2 fully saturated rings. The number of rotatable bonds is 4. The minimum atomic E-state index is 0.820. The van der Waals surface area contributed by atoms with Crippen LogP contribution in [0.15, 0.2) is 0 Å². The van der Waals surface area contributed by atoms with Gasteiger partial charge in [-0.25, -0.2) is 0 Å². The Hall–Kier alpha value is -0.0800. The lowest BCUT2D eigenvalue weighted by Gasteiger charge is -2.37. The fourth-order valence-corrected chi connectivity index (χ4v) is 3.38. The maximum Gasteiger partial charge on any atom is 0.0221 e. The Bertz CT molecular complexity index is 181. The van der Waals surface area contributed by atoms with Gasteiger partial charge in [0.15, 0.2) is 0 Å². The smallest absolute Gasteiger partial charge is 0.0221 e. The van der Waals surface area contributed by atoms with Gasteiger partial charge < -0.3 is 5.32 Å². The van der Waals surface area contributed by atoms with Crippen LogP contribution in [0.3, 0.4) is 0 Å². The summed E-state index contributed by atoms with van der Waals surface area (Å²) >= 11 is 0. The van der Waals surface area contributed by atoms with Crippen molar-refractivity contribution < 1.29 is 0 Å². The molecule has 2 heteroatoms. The average Bonchev–Trinajstić information content (AvgIpc) is 2.38. The van der Waals surface area contributed by atoms with Crippen LogP contribution in [0.25, 0.3) is 0 Å². The first-order valence-corrected chi connectivity index (χ1v) is 7.35. The predicted octanol–water partition coefficient (Wildman–Crippen LogP) is 2.64. The van der Waals surface area contributed by atoms with Gasteiger partial charge in [-0.15, -0.1) is 0 Å². The molecule has 0 amide bonds. The summed E-state index contributed by atoms with van der Waals surface area (Å²) in [5, 5.41) is 3.55. The minimum Gasteiger partial charge on any atom is -0.315 e. The molecule has 0 radical (unpaired) electrons. The number of piperidine rings is 1. The van der Waals surface area contributed by atoms with Crippen LogP contribution >= 0.6 is 0 Å². The summed E-state index contributed by atoms with van der Waals surface area (Å²) in [5.41, 5.74) is 0. The molecular formula is C14H28N2. The topological polar surface area (TPSA) is 15.3 Å². The molecule has 1 unspecified atom stereocenters. The van der Waals surface area contributed by atoms with Crippen molar-refractivity contribution in [2.24, 2.45) is 5.92 Å². The van der Waals surface area contributed by atoms with E-state index in [2.05, 4.69) is 17.1 Å². The molecule has 1 heterocycles. The van der Waals surface area contributed by atoms with Gasteiger partial charge in [0.1, 0.15) is 0 Å². The summed E-state index contributed by atoms with van der Waals surface area (Å²) < 4.78 is 0. The molecule has 0 bridgehead atoms. The lowest BCUT2D eigenvalue weighted by atomic mass is 9.88. The molecule has 1 saturated carbocycles. The summed E-state index contributed by atoms with van der Waals surface area (Å²) in [6.45, 7) is 7.39. The van der Waals surface area contributed by atoms with Crippen LogP contribution in [0, 0.1) is 5.92 Å². The number of nitrogens with one attached hydrogen (secondary N) is 1. The van der Waals surface area contributed by atoms with E-state index in [0.717, 1.165) is 12.0 Å². The molecule has 1 aliphatic carbocycles. The van der Waals surface area contributed by atoms with E-state index in [1.165, 1.54) is 71.1 Å². The van der Waals surface area contributed by atoms with Gasteiger partial charge >= 0.3 is 0 Å². The first kappa shape index (κ1) is 12.4. The first-order valence-electron chi connectivity index (χ1n) is 7.35. The monoisotopic (exact) mass is 224 g/mol. The van der Waals surface area contributed by atoms with Crippen LogP contribution in [0.5, 0.6) is 0 Å². The van der Waals surface area contributed by atoms with Crippen LogP contribution < -0.4 is 5.32 Å². The van der Waals surface area contributed by atoms with Crippen LogP contribution in [-0.2, 0) is 0 Å². The largest absolute Gasteiger partial charge is 0.315 e. The lowest BCUT2D eigenvalue weighted by molar-refractivity contribution is 0.135. The molecule has 2 rings (SSSR count). The van der Waals surface area contributed by atoms with Gasteiger partial charge in [0, 0.05) is 19.1 Å². The third-order valence-corrected chi connectivity index (χ3v) is 4.41. The minimum absolute atomic E-state index is 0.820. The molecule has 1 N–H and O–H groups in total. The first-order chi connectivity index (χ1) is 7.90. The number of likely N-dealkylation sites (N-methyl/N-ethyl adjacent to an activating group) is 1. The van der Waals surface area contributed by atoms with E-state index in [9.17, 15) is 0 Å². The highest BCUT2D eigenvalue weighted by molar-refractivity contribution is 4.80. The number of hydrogen-bond donors (Lipinski definition) is 1. The zero-order chi connectivity index (χ0) is 11.2. The molecule has 2 aliphatic rings. The maximum atomic E-state index is 3.55. The Kier molecular flexibility index (Phi) is 5.11. The van der Waals surface area contributed by atoms with Crippen LogP contribution in [0.4, 0.5) is 0 Å². The molecule has 1 atom stereocenters. The van der Waals surface area contributed by atoms with E-state index in [0.29, 0.717) is 0 Å². The van der Waals surface area contributed by atoms with E-state index >= 15 is 0 Å². The van der Waals surface area contributed by atoms with Crippen molar-refractivity contribution in [3.63, 3.8) is 0 Å². The predicted molar refractivity (Wildman–Crippen MR) is 69.7 cm³/mol. The Morgan fingerprint density at radius 2 is 1.88 bits per heavy atom. The lowest BCUT2D eigenvalue weighted by Crippen LogP contribution is -2.47. The van der Waals surface area contributed by atoms with Gasteiger partial charge in [0.25, 0.3) is 0 Å². The van der Waals surface area contributed by atoms with Crippen LogP contribution in [0.1, 0.15) is 51.9 Å². The van der Waals surface area contributed by atoms with Crippen molar-refractivity contribution >= 4 is 0 Å². The van der Waals surface area contributed by atoms with Crippen molar-refractivity contribution in [1.82, 2.24) is 10.2 Å². The van der Waals surface area contributed by atoms with Crippen LogP contribution in [0.2, 0.25) is 0 Å². The number of nitrogens with zero attached hydrogens (tertiary/aromatic N) is 1. The summed E-state index contributed by atoms with van der Waals surface area (Å²) in [5.74, 6) is 0.996. The third-order valence-electron chi connectivity index (χ3n) is 4.41. The summed E-state index contributed by atoms with van der Waals surface area (Å²) in [7, 11) is 0. The highest BCUT2D eigenvalue weighted by Gasteiger charge is 2.23. The molecule has 0 aromatic heterocycles. The van der Waals surface area contributed by atoms with Gasteiger partial charge in [-0.2, -0.15) is 0 Å². The van der Waals surface area contributed by atoms with E-state index in [1.807, 2.05) is 0 Å². The number of hydrogen-bond acceptors (Lipinski definition) is 2. The van der Waals surface area contributed by atoms with Gasteiger partial charge in [-0.3, -0.25) is 4.90 Å². The van der Waals surface area contributed by atoms with Gasteiger partial charge in [0.05, 0.1) is 0 Å². The molecule has 2 nitrogen and oxygen atoms in total. The van der Waals surface area contributed by atoms with E-state index in [4.69, 9.17) is 0 Å². The second-order valence-electron chi connectivity index (χ2n) is 5.59. The molecule has 1 aliphatic heterocycles. The molecule has 0 aromatic carbocycles. The van der Waals surface area contributed by atoms with Crippen molar-refractivity contribution in [3.05, 3.63) is 0 Å². The standard InChI is InChI=1S/C14H28N2/c1-2-16(14-9-6-10-15-11-14)12-13-7-4-3-5-8-13/h13-15H,2-12H2,1H3. The highest BCUT2D eigenvalue weighted by atomic mass is 15.2. The maximum absolute atomic E-state index is 3.55. The summed E-state index contributed by atoms with van der Waals surface area (Å²) in [6.07, 6.45) is 10.2. The van der Waals surface area contributed by atoms with Crippen molar-refractivity contribution in [2.45, 2.75) is 57.9 Å². The Labute approximate surface area is 101 Å². The van der Waals surface area contributed by atoms with Gasteiger partial charge in [0.2, 0.25) is 0 Å². The SMILES string of the molecule is CCN(CC1CCCCC1)C1CCCNC1. The second kappa shape index (κ2) is 6.61. The summed E-state index contributed by atoms with van der Waals surface area (Å²) in [4.78, 5) is 2.74. The second-order valence-corrected chi connectivity index (χ2v) is 5.59. The summed E-state index contributed by atoms with van der Waals surface area (Å²) in [6, 6.07) is 0.820. The molecule has 1 saturated heterocycles. The fraction of sp³-hybridized carbons (Fsp3) is 1.00. The fourth-order valence-electron chi connectivity index (χ4n) is 3.38. The Morgan fingerprint density at radius 3 is 2.50 bits per heavy atom. The quantitative estimate of drug-likeness (QED) is 0.790. The zero-order valence-corrected chi connectivity index (χ0v) is 10.9. The van der Waals surface area contributed by atoms with Crippen molar-refractivity contribution in [1.29, 1.82) is 0 Å². The normalized spacial score (nSPS) is 28.5. The third kappa shape index (κ3) is 3.46. The molecule has 94 valence electrons. The Balaban J connectivity index is 1.78. The molecular weight excluding hydrogens is 196 g/mol. The Morgan fingerprint density at radius 1 is 1.06 bits per heavy atom. The van der Waals surface area contributed by atoms with Crippen molar-refractivity contribution in [3.8, 4) is 0 Å². The zero-order valence-electron chi connectivity index (χ0n) is 10.9. The molecule has 16 heavy (non-hydrogen) atoms. The van der Waals surface area contributed by atoms with Gasteiger partial charge in [-0.05, 0) is 44.7 Å².